The molecular formula is C20H17BrN4O2. The van der Waals surface area contributed by atoms with Crippen molar-refractivity contribution in [2.24, 2.45) is 7.05 Å². The van der Waals surface area contributed by atoms with E-state index in [-0.39, 0.29) is 5.69 Å². The average Bonchev–Trinajstić information content (AvgIpc) is 2.99. The van der Waals surface area contributed by atoms with Crippen molar-refractivity contribution in [3.8, 4) is 11.4 Å². The van der Waals surface area contributed by atoms with Gasteiger partial charge in [-0.25, -0.2) is 4.79 Å². The number of halogens is 1. The molecule has 1 heterocycles. The highest BCUT2D eigenvalue weighted by atomic mass is 79.9. The van der Waals surface area contributed by atoms with Crippen molar-refractivity contribution in [2.45, 2.75) is 13.5 Å². The first-order valence-corrected chi connectivity index (χ1v) is 9.22. The summed E-state index contributed by atoms with van der Waals surface area (Å²) in [5, 5.41) is 9.99. The van der Waals surface area contributed by atoms with Gasteiger partial charge in [-0.2, -0.15) is 9.36 Å². The lowest BCUT2D eigenvalue weighted by Crippen LogP contribution is -2.23. The van der Waals surface area contributed by atoms with Gasteiger partial charge in [0.2, 0.25) is 0 Å². The summed E-state index contributed by atoms with van der Waals surface area (Å²) in [7, 11) is 1.57. The Bertz CT molecular complexity index is 1200. The quantitative estimate of drug-likeness (QED) is 0.500. The minimum atomic E-state index is -0.294. The second-order valence-electron chi connectivity index (χ2n) is 6.31. The van der Waals surface area contributed by atoms with E-state index in [0.717, 1.165) is 32.1 Å². The summed E-state index contributed by atoms with van der Waals surface area (Å²) < 4.78 is 9.56. The number of hydrogen-bond donors (Lipinski definition) is 0. The lowest BCUT2D eigenvalue weighted by atomic mass is 10.1. The highest BCUT2D eigenvalue weighted by Gasteiger charge is 2.13. The fourth-order valence-corrected chi connectivity index (χ4v) is 3.36. The third-order valence-electron chi connectivity index (χ3n) is 4.49. The van der Waals surface area contributed by atoms with Gasteiger partial charge >= 0.3 is 5.69 Å². The maximum atomic E-state index is 12.2. The van der Waals surface area contributed by atoms with Gasteiger partial charge < -0.3 is 4.74 Å². The van der Waals surface area contributed by atoms with E-state index in [9.17, 15) is 4.79 Å². The number of ether oxygens (including phenoxy) is 1. The van der Waals surface area contributed by atoms with Crippen LogP contribution in [0.4, 0.5) is 0 Å². The van der Waals surface area contributed by atoms with Crippen molar-refractivity contribution in [2.75, 3.05) is 0 Å². The summed E-state index contributed by atoms with van der Waals surface area (Å²) in [4.78, 5) is 12.2. The summed E-state index contributed by atoms with van der Waals surface area (Å²) in [5.74, 6) is 0.765. The highest BCUT2D eigenvalue weighted by Crippen LogP contribution is 2.26. The largest absolute Gasteiger partial charge is 0.489 e. The first-order chi connectivity index (χ1) is 13.0. The van der Waals surface area contributed by atoms with Crippen LogP contribution in [0, 0.1) is 6.92 Å². The molecule has 27 heavy (non-hydrogen) atoms. The van der Waals surface area contributed by atoms with Gasteiger partial charge in [0.1, 0.15) is 12.4 Å². The number of tetrazole rings is 1. The van der Waals surface area contributed by atoms with Gasteiger partial charge in [0.25, 0.3) is 0 Å². The van der Waals surface area contributed by atoms with E-state index in [1.165, 1.54) is 9.36 Å². The Hall–Kier alpha value is -2.93. The van der Waals surface area contributed by atoms with Crippen LogP contribution in [0.25, 0.3) is 16.5 Å². The topological polar surface area (TPSA) is 61.9 Å². The van der Waals surface area contributed by atoms with Crippen LogP contribution >= 0.6 is 15.9 Å². The van der Waals surface area contributed by atoms with E-state index < -0.39 is 0 Å². The van der Waals surface area contributed by atoms with E-state index in [2.05, 4.69) is 38.5 Å². The molecule has 0 atom stereocenters. The van der Waals surface area contributed by atoms with Crippen molar-refractivity contribution in [1.29, 1.82) is 0 Å². The molecule has 1 aromatic heterocycles. The van der Waals surface area contributed by atoms with Crippen LogP contribution in [0.2, 0.25) is 0 Å². The van der Waals surface area contributed by atoms with Crippen molar-refractivity contribution < 1.29 is 4.74 Å². The molecule has 6 nitrogen and oxygen atoms in total. The van der Waals surface area contributed by atoms with Crippen molar-refractivity contribution >= 4 is 26.7 Å². The molecule has 0 unspecified atom stereocenters. The average molecular weight is 425 g/mol. The van der Waals surface area contributed by atoms with Crippen LogP contribution in [0.5, 0.6) is 5.75 Å². The van der Waals surface area contributed by atoms with Crippen molar-refractivity contribution in [3.05, 3.63) is 80.7 Å². The number of rotatable bonds is 4. The molecule has 136 valence electrons. The predicted octanol–water partition coefficient (Wildman–Crippen LogP) is 3.77. The minimum absolute atomic E-state index is 0.294. The van der Waals surface area contributed by atoms with E-state index in [0.29, 0.717) is 12.3 Å². The fourth-order valence-electron chi connectivity index (χ4n) is 2.98. The first-order valence-electron chi connectivity index (χ1n) is 8.43. The van der Waals surface area contributed by atoms with E-state index >= 15 is 0 Å². The van der Waals surface area contributed by atoms with Crippen LogP contribution in [-0.2, 0) is 13.7 Å². The van der Waals surface area contributed by atoms with Crippen LogP contribution in [0.3, 0.4) is 0 Å². The first kappa shape index (κ1) is 17.5. The van der Waals surface area contributed by atoms with Gasteiger partial charge in [0.15, 0.2) is 0 Å². The SMILES string of the molecule is Cc1cccc(-n2nnn(C)c2=O)c1COc1ccc2ccc(Br)cc2c1. The molecule has 0 amide bonds. The van der Waals surface area contributed by atoms with Crippen molar-refractivity contribution in [3.63, 3.8) is 0 Å². The van der Waals surface area contributed by atoms with Gasteiger partial charge in [0.05, 0.1) is 5.69 Å². The number of benzene rings is 3. The van der Waals surface area contributed by atoms with Gasteiger partial charge in [-0.15, -0.1) is 0 Å². The Balaban J connectivity index is 1.67. The standard InChI is InChI=1S/C20H17BrN4O2/c1-13-4-3-5-19(25-20(26)24(2)22-23-25)18(13)12-27-17-9-7-14-6-8-16(21)10-15(14)11-17/h3-11H,12H2,1-2H3. The Labute approximate surface area is 164 Å². The van der Waals surface area contributed by atoms with Crippen LogP contribution in [-0.4, -0.2) is 19.8 Å². The molecule has 0 saturated carbocycles. The Kier molecular flexibility index (Phi) is 4.53. The summed E-state index contributed by atoms with van der Waals surface area (Å²) in [6.07, 6.45) is 0. The molecule has 7 heteroatoms. The molecule has 0 spiro atoms. The molecule has 3 aromatic carbocycles. The third kappa shape index (κ3) is 3.38. The van der Waals surface area contributed by atoms with Crippen molar-refractivity contribution in [1.82, 2.24) is 19.8 Å². The van der Waals surface area contributed by atoms with E-state index in [1.54, 1.807) is 7.05 Å². The second-order valence-corrected chi connectivity index (χ2v) is 7.23. The maximum Gasteiger partial charge on any atom is 0.368 e. The van der Waals surface area contributed by atoms with Gasteiger partial charge in [-0.3, -0.25) is 0 Å². The molecule has 0 radical (unpaired) electrons. The van der Waals surface area contributed by atoms with Crippen LogP contribution < -0.4 is 10.4 Å². The number of fused-ring (bicyclic) bond motifs is 1. The molecule has 4 aromatic rings. The maximum absolute atomic E-state index is 12.2. The fraction of sp³-hybridized carbons (Fsp3) is 0.150. The molecule has 0 aliphatic heterocycles. The summed E-state index contributed by atoms with van der Waals surface area (Å²) in [5.41, 5.74) is 2.30. The van der Waals surface area contributed by atoms with Gasteiger partial charge in [-0.1, -0.05) is 40.2 Å². The molecule has 0 aliphatic carbocycles. The minimum Gasteiger partial charge on any atom is -0.489 e. The van der Waals surface area contributed by atoms with Crippen LogP contribution in [0.1, 0.15) is 11.1 Å². The van der Waals surface area contributed by atoms with Crippen LogP contribution in [0.15, 0.2) is 63.9 Å². The highest BCUT2D eigenvalue weighted by molar-refractivity contribution is 9.10. The Morgan fingerprint density at radius 2 is 1.85 bits per heavy atom. The molecule has 0 saturated heterocycles. The molecular weight excluding hydrogens is 408 g/mol. The molecule has 0 aliphatic rings. The lowest BCUT2D eigenvalue weighted by Gasteiger charge is -2.13. The number of nitrogens with zero attached hydrogens (tertiary/aromatic N) is 4. The number of aryl methyl sites for hydroxylation is 2. The second kappa shape index (κ2) is 7.00. The molecule has 0 N–H and O–H groups in total. The summed E-state index contributed by atoms with van der Waals surface area (Å²) in [6, 6.07) is 17.8. The van der Waals surface area contributed by atoms with E-state index in [1.807, 2.05) is 49.4 Å². The smallest absolute Gasteiger partial charge is 0.368 e. The monoisotopic (exact) mass is 424 g/mol. The normalized spacial score (nSPS) is 11.1. The summed E-state index contributed by atoms with van der Waals surface area (Å²) in [6.45, 7) is 2.31. The third-order valence-corrected chi connectivity index (χ3v) is 4.99. The molecule has 0 bridgehead atoms. The van der Waals surface area contributed by atoms with Gasteiger partial charge in [0, 0.05) is 17.1 Å². The summed E-state index contributed by atoms with van der Waals surface area (Å²) >= 11 is 3.50. The zero-order valence-electron chi connectivity index (χ0n) is 14.9. The predicted molar refractivity (Wildman–Crippen MR) is 107 cm³/mol. The Morgan fingerprint density at radius 3 is 2.63 bits per heavy atom. The lowest BCUT2D eigenvalue weighted by molar-refractivity contribution is 0.305. The van der Waals surface area contributed by atoms with E-state index in [4.69, 9.17) is 4.74 Å². The number of hydrogen-bond acceptors (Lipinski definition) is 4. The zero-order chi connectivity index (χ0) is 19.0. The number of aromatic nitrogens is 4. The zero-order valence-corrected chi connectivity index (χ0v) is 16.5. The Morgan fingerprint density at radius 1 is 1.04 bits per heavy atom. The molecule has 4 rings (SSSR count). The molecule has 0 fully saturated rings. The van der Waals surface area contributed by atoms with Gasteiger partial charge in [-0.05, 0) is 64.0 Å².